The Balaban J connectivity index is 0.000001000. The van der Waals surface area contributed by atoms with E-state index in [0.29, 0.717) is 0 Å². The molecule has 2 heteroatoms. The van der Waals surface area contributed by atoms with Crippen LogP contribution in [0.4, 0.5) is 0 Å². The third-order valence-electron chi connectivity index (χ3n) is 1.52. The van der Waals surface area contributed by atoms with Crippen molar-refractivity contribution in [1.82, 2.24) is 0 Å². The van der Waals surface area contributed by atoms with E-state index in [1.54, 1.807) is 0 Å². The molecule has 0 heterocycles. The molecule has 0 spiro atoms. The van der Waals surface area contributed by atoms with Crippen molar-refractivity contribution in [1.29, 1.82) is 0 Å². The summed E-state index contributed by atoms with van der Waals surface area (Å²) in [5, 5.41) is 0. The Morgan fingerprint density at radius 1 is 1.09 bits per heavy atom. The van der Waals surface area contributed by atoms with Crippen LogP contribution in [0.2, 0.25) is 0 Å². The summed E-state index contributed by atoms with van der Waals surface area (Å²) < 4.78 is 0.210. The Morgan fingerprint density at radius 3 is 1.82 bits per heavy atom. The van der Waals surface area contributed by atoms with Crippen molar-refractivity contribution in [3.05, 3.63) is 35.9 Å². The highest BCUT2D eigenvalue weighted by atomic mass is 35.5. The molecule has 1 rings (SSSR count). The van der Waals surface area contributed by atoms with Crippen molar-refractivity contribution in [2.45, 2.75) is 18.1 Å². The highest BCUT2D eigenvalue weighted by molar-refractivity contribution is 6.15. The van der Waals surface area contributed by atoms with E-state index in [0.717, 1.165) is 0 Å². The SMILES string of the molecule is C[C](C)([Al])c1ccccc1.Cl. The van der Waals surface area contributed by atoms with Gasteiger partial charge in [-0.05, 0) is 0 Å². The van der Waals surface area contributed by atoms with Crippen molar-refractivity contribution in [3.63, 3.8) is 0 Å². The van der Waals surface area contributed by atoms with Crippen LogP contribution < -0.4 is 0 Å². The van der Waals surface area contributed by atoms with Crippen LogP contribution in [0.5, 0.6) is 0 Å². The van der Waals surface area contributed by atoms with Crippen LogP contribution in [0.3, 0.4) is 0 Å². The Morgan fingerprint density at radius 2 is 1.55 bits per heavy atom. The van der Waals surface area contributed by atoms with Gasteiger partial charge in [0.25, 0.3) is 0 Å². The van der Waals surface area contributed by atoms with E-state index in [1.165, 1.54) is 5.56 Å². The van der Waals surface area contributed by atoms with Crippen LogP contribution in [0.25, 0.3) is 0 Å². The monoisotopic (exact) mass is 182 g/mol. The molecular formula is C9H12AlCl. The third-order valence-corrected chi connectivity index (χ3v) is 1.85. The lowest BCUT2D eigenvalue weighted by Gasteiger charge is -2.19. The van der Waals surface area contributed by atoms with Gasteiger partial charge in [0, 0.05) is 0 Å². The third kappa shape index (κ3) is 3.29. The minimum atomic E-state index is 0. The molecule has 0 bridgehead atoms. The number of benzene rings is 1. The lowest BCUT2D eigenvalue weighted by molar-refractivity contribution is 0.764. The fourth-order valence-corrected chi connectivity index (χ4v) is 1.06. The van der Waals surface area contributed by atoms with Gasteiger partial charge in [-0.1, -0.05) is 54.0 Å². The van der Waals surface area contributed by atoms with Gasteiger partial charge in [0.15, 0.2) is 0 Å². The largest absolute Gasteiger partial charge is 0.147 e. The van der Waals surface area contributed by atoms with E-state index >= 15 is 0 Å². The summed E-state index contributed by atoms with van der Waals surface area (Å²) in [6.45, 7) is 4.38. The van der Waals surface area contributed by atoms with Gasteiger partial charge in [-0.3, -0.25) is 0 Å². The predicted octanol–water partition coefficient (Wildman–Crippen LogP) is 2.51. The van der Waals surface area contributed by atoms with E-state index in [-0.39, 0.29) is 16.7 Å². The first-order valence-corrected chi connectivity index (χ1v) is 4.03. The molecule has 0 amide bonds. The van der Waals surface area contributed by atoms with Crippen LogP contribution in [0.15, 0.2) is 30.3 Å². The summed E-state index contributed by atoms with van der Waals surface area (Å²) in [5.74, 6) is 0. The van der Waals surface area contributed by atoms with Crippen molar-refractivity contribution < 1.29 is 0 Å². The second-order valence-electron chi connectivity index (χ2n) is 3.09. The quantitative estimate of drug-likeness (QED) is 0.586. The molecule has 0 aliphatic heterocycles. The van der Waals surface area contributed by atoms with Crippen LogP contribution in [-0.2, 0) is 4.28 Å². The van der Waals surface area contributed by atoms with Gasteiger partial charge >= 0.3 is 0 Å². The highest BCUT2D eigenvalue weighted by Gasteiger charge is 2.09. The molecular weight excluding hydrogens is 171 g/mol. The van der Waals surface area contributed by atoms with E-state index in [1.807, 2.05) is 6.07 Å². The maximum Gasteiger partial charge on any atom is 0.136 e. The summed E-state index contributed by atoms with van der Waals surface area (Å²) in [6, 6.07) is 10.5. The summed E-state index contributed by atoms with van der Waals surface area (Å²) >= 11 is 2.83. The fourth-order valence-electron chi connectivity index (χ4n) is 0.868. The second-order valence-corrected chi connectivity index (χ2v) is 4.53. The number of rotatable bonds is 1. The topological polar surface area (TPSA) is 0 Å². The summed E-state index contributed by atoms with van der Waals surface area (Å²) in [7, 11) is 0. The average molecular weight is 183 g/mol. The smallest absolute Gasteiger partial charge is 0.136 e. The normalized spacial score (nSPS) is 10.4. The Bertz CT molecular complexity index is 201. The maximum absolute atomic E-state index is 2.83. The fraction of sp³-hybridized carbons (Fsp3) is 0.333. The standard InChI is InChI=1S/C9H11.Al.ClH/c1-8(2)9-6-4-3-5-7-9;;/h3-7H,1-2H3;;1H. The second kappa shape index (κ2) is 4.16. The van der Waals surface area contributed by atoms with Gasteiger partial charge in [0.2, 0.25) is 0 Å². The lowest BCUT2D eigenvalue weighted by Crippen LogP contribution is -2.15. The molecule has 2 radical (unpaired) electrons. The lowest BCUT2D eigenvalue weighted by atomic mass is 10.0. The van der Waals surface area contributed by atoms with E-state index in [9.17, 15) is 0 Å². The van der Waals surface area contributed by atoms with Crippen LogP contribution in [-0.4, -0.2) is 16.3 Å². The molecule has 0 N–H and O–H groups in total. The maximum atomic E-state index is 2.83. The van der Waals surface area contributed by atoms with Crippen LogP contribution >= 0.6 is 12.4 Å². The van der Waals surface area contributed by atoms with Gasteiger partial charge in [0.1, 0.15) is 16.3 Å². The molecule has 1 aromatic rings. The average Bonchev–Trinajstić information content (AvgIpc) is 1.88. The zero-order valence-electron chi connectivity index (χ0n) is 6.87. The number of halogens is 1. The minimum absolute atomic E-state index is 0. The highest BCUT2D eigenvalue weighted by Crippen LogP contribution is 2.17. The molecule has 0 aliphatic rings. The molecule has 0 fully saturated rings. The molecule has 0 nitrogen and oxygen atoms in total. The molecule has 0 aliphatic carbocycles. The summed E-state index contributed by atoms with van der Waals surface area (Å²) in [5.41, 5.74) is 1.36. The Kier molecular flexibility index (Phi) is 4.18. The Hall–Kier alpha value is 0.0425. The summed E-state index contributed by atoms with van der Waals surface area (Å²) in [4.78, 5) is 0. The van der Waals surface area contributed by atoms with Crippen molar-refractivity contribution >= 4 is 28.7 Å². The first-order valence-electron chi connectivity index (χ1n) is 3.45. The van der Waals surface area contributed by atoms with E-state index < -0.39 is 0 Å². The number of hydrogen-bond donors (Lipinski definition) is 0. The van der Waals surface area contributed by atoms with Crippen LogP contribution in [0, 0.1) is 0 Å². The first-order chi connectivity index (χ1) is 4.61. The van der Waals surface area contributed by atoms with Gasteiger partial charge in [0.05, 0.1) is 0 Å². The molecule has 58 valence electrons. The van der Waals surface area contributed by atoms with Gasteiger partial charge in [-0.2, -0.15) is 0 Å². The zero-order chi connectivity index (χ0) is 7.61. The van der Waals surface area contributed by atoms with Crippen molar-refractivity contribution in [2.24, 2.45) is 0 Å². The summed E-state index contributed by atoms with van der Waals surface area (Å²) in [6.07, 6.45) is 0. The Labute approximate surface area is 82.8 Å². The molecule has 1 aromatic carbocycles. The molecule has 11 heavy (non-hydrogen) atoms. The van der Waals surface area contributed by atoms with E-state index in [4.69, 9.17) is 0 Å². The predicted molar refractivity (Wildman–Crippen MR) is 52.5 cm³/mol. The van der Waals surface area contributed by atoms with E-state index in [2.05, 4.69) is 54.4 Å². The van der Waals surface area contributed by atoms with Crippen molar-refractivity contribution in [3.8, 4) is 0 Å². The molecule has 0 unspecified atom stereocenters. The molecule has 0 saturated carbocycles. The molecule has 0 aromatic heterocycles. The zero-order valence-corrected chi connectivity index (χ0v) is 8.84. The number of hydrogen-bond acceptors (Lipinski definition) is 0. The first kappa shape index (κ1) is 11.0. The van der Waals surface area contributed by atoms with Gasteiger partial charge in [-0.15, -0.1) is 12.4 Å². The minimum Gasteiger partial charge on any atom is -0.147 e. The molecule has 0 atom stereocenters. The van der Waals surface area contributed by atoms with Crippen molar-refractivity contribution in [2.75, 3.05) is 0 Å². The van der Waals surface area contributed by atoms with Gasteiger partial charge < -0.3 is 0 Å². The van der Waals surface area contributed by atoms with Crippen LogP contribution in [0.1, 0.15) is 19.4 Å². The molecule has 0 saturated heterocycles. The van der Waals surface area contributed by atoms with Gasteiger partial charge in [-0.25, -0.2) is 0 Å².